The van der Waals surface area contributed by atoms with Crippen molar-refractivity contribution in [2.45, 2.75) is 96.4 Å². The van der Waals surface area contributed by atoms with E-state index in [1.807, 2.05) is 27.2 Å². The van der Waals surface area contributed by atoms with Gasteiger partial charge in [-0.15, -0.1) is 0 Å². The fraction of sp³-hybridized carbons (Fsp3) is 0.733. The van der Waals surface area contributed by atoms with Crippen molar-refractivity contribution in [3.8, 4) is 0 Å². The number of phosphoric acid groups is 1. The van der Waals surface area contributed by atoms with Gasteiger partial charge in [0.2, 0.25) is 0 Å². The van der Waals surface area contributed by atoms with Crippen LogP contribution in [-0.4, -0.2) is 82.2 Å². The monoisotopic (exact) mass is 601 g/mol. The maximum Gasteiger partial charge on any atom is 0.305 e. The number of hydrogen-bond acceptors (Lipinski definition) is 9. The van der Waals surface area contributed by atoms with Gasteiger partial charge in [-0.05, 0) is 44.9 Å². The first kappa shape index (κ1) is 37.2. The van der Waals surface area contributed by atoms with E-state index in [1.54, 1.807) is 0 Å². The van der Waals surface area contributed by atoms with Crippen LogP contribution in [0.3, 0.4) is 0 Å². The molecule has 1 aliphatic rings. The van der Waals surface area contributed by atoms with Crippen molar-refractivity contribution in [1.82, 2.24) is 0 Å². The van der Waals surface area contributed by atoms with Crippen LogP contribution in [-0.2, 0) is 37.4 Å². The van der Waals surface area contributed by atoms with E-state index in [9.17, 15) is 19.0 Å². The van der Waals surface area contributed by atoms with Crippen LogP contribution in [0.15, 0.2) is 36.5 Å². The van der Waals surface area contributed by atoms with Gasteiger partial charge in [0.15, 0.2) is 6.10 Å². The Balaban J connectivity index is 2.17. The number of ether oxygens (including phenoxy) is 3. The normalized spacial score (nSPS) is 19.6. The average Bonchev–Trinajstić information content (AvgIpc) is 3.63. The second-order valence-electron chi connectivity index (χ2n) is 11.2. The zero-order valence-electron chi connectivity index (χ0n) is 25.7. The summed E-state index contributed by atoms with van der Waals surface area (Å²) >= 11 is 0. The van der Waals surface area contributed by atoms with E-state index >= 15 is 0 Å². The molecule has 236 valence electrons. The van der Waals surface area contributed by atoms with Crippen molar-refractivity contribution in [3.63, 3.8) is 0 Å². The van der Waals surface area contributed by atoms with Gasteiger partial charge in [0.25, 0.3) is 7.82 Å². The van der Waals surface area contributed by atoms with Crippen LogP contribution in [0.4, 0.5) is 0 Å². The van der Waals surface area contributed by atoms with Crippen molar-refractivity contribution in [2.24, 2.45) is 0 Å². The van der Waals surface area contributed by atoms with Crippen LogP contribution in [0, 0.1) is 0 Å². The van der Waals surface area contributed by atoms with Crippen molar-refractivity contribution >= 4 is 19.8 Å². The molecule has 1 aliphatic heterocycles. The highest BCUT2D eigenvalue weighted by atomic mass is 31.2. The predicted molar refractivity (Wildman–Crippen MR) is 157 cm³/mol. The number of unbranched alkanes of at least 4 members (excludes halogenated alkanes) is 4. The zero-order chi connectivity index (χ0) is 30.6. The molecule has 0 radical (unpaired) electrons. The van der Waals surface area contributed by atoms with Crippen LogP contribution in [0.5, 0.6) is 0 Å². The van der Waals surface area contributed by atoms with Crippen LogP contribution in [0.1, 0.15) is 78.1 Å². The number of carbonyl (C=O) groups excluding carboxylic acids is 2. The van der Waals surface area contributed by atoms with E-state index < -0.39 is 32.5 Å². The molecule has 0 bridgehead atoms. The number of esters is 2. The number of allylic oxidation sites excluding steroid dienone is 4. The van der Waals surface area contributed by atoms with Crippen LogP contribution in [0.2, 0.25) is 0 Å². The standard InChI is InChI=1S/C30H52NO9P/c1-6-7-8-9-10-11-12-13-16-19-28-29(40-28)20-17-14-15-18-21-30(33)36-24-27(39-26(2)32)25-38-41(34,35)37-23-22-31(3,4)5/h10-11,13-14,16-17,27-29H,6-9,12,15,18-25H2,1-5H3/b11-10-,16-13-,17-14-/t27-,28?,29?/m1/s1. The number of hydrogen-bond donors (Lipinski definition) is 0. The zero-order valence-corrected chi connectivity index (χ0v) is 26.6. The molecule has 3 unspecified atom stereocenters. The lowest BCUT2D eigenvalue weighted by atomic mass is 10.1. The van der Waals surface area contributed by atoms with Crippen LogP contribution in [0.25, 0.3) is 0 Å². The molecule has 0 saturated carbocycles. The molecule has 0 amide bonds. The maximum atomic E-state index is 12.1. The number of nitrogens with zero attached hydrogens (tertiary/aromatic N) is 1. The van der Waals surface area contributed by atoms with Crippen molar-refractivity contribution in [2.75, 3.05) is 47.5 Å². The molecule has 0 N–H and O–H groups in total. The summed E-state index contributed by atoms with van der Waals surface area (Å²) in [7, 11) is 1.11. The highest BCUT2D eigenvalue weighted by Crippen LogP contribution is 2.38. The summed E-state index contributed by atoms with van der Waals surface area (Å²) in [4.78, 5) is 35.4. The first-order chi connectivity index (χ1) is 19.4. The molecule has 1 saturated heterocycles. The Kier molecular flexibility index (Phi) is 19.0. The SMILES string of the molecule is CCCCC/C=C\C/C=C\CC1OC1C/C=C\CCCC(=O)OC[C@H](COP(=O)([O-])OCC[N+](C)(C)C)OC(C)=O. The summed E-state index contributed by atoms with van der Waals surface area (Å²) in [6.45, 7) is 2.99. The lowest BCUT2D eigenvalue weighted by Crippen LogP contribution is -2.37. The van der Waals surface area contributed by atoms with Crippen LogP contribution < -0.4 is 4.89 Å². The molecule has 10 nitrogen and oxygen atoms in total. The molecule has 1 fully saturated rings. The van der Waals surface area contributed by atoms with Gasteiger partial charge in [-0.2, -0.15) is 0 Å². The van der Waals surface area contributed by atoms with Gasteiger partial charge in [-0.25, -0.2) is 0 Å². The van der Waals surface area contributed by atoms with E-state index in [4.69, 9.17) is 23.3 Å². The van der Waals surface area contributed by atoms with E-state index in [1.165, 1.54) is 26.2 Å². The van der Waals surface area contributed by atoms with E-state index in [0.29, 0.717) is 23.6 Å². The van der Waals surface area contributed by atoms with Gasteiger partial charge in [0.1, 0.15) is 19.8 Å². The Morgan fingerprint density at radius 3 is 2.22 bits per heavy atom. The lowest BCUT2D eigenvalue weighted by molar-refractivity contribution is -0.870. The number of rotatable bonds is 24. The number of epoxide rings is 1. The summed E-state index contributed by atoms with van der Waals surface area (Å²) < 4.78 is 38.0. The molecule has 0 aliphatic carbocycles. The molecule has 0 spiro atoms. The largest absolute Gasteiger partial charge is 0.756 e. The minimum absolute atomic E-state index is 0.0467. The van der Waals surface area contributed by atoms with E-state index in [2.05, 4.69) is 37.3 Å². The molecule has 11 heteroatoms. The first-order valence-corrected chi connectivity index (χ1v) is 16.2. The molecular formula is C30H52NO9P. The van der Waals surface area contributed by atoms with Gasteiger partial charge in [0, 0.05) is 13.3 Å². The maximum absolute atomic E-state index is 12.1. The summed E-state index contributed by atoms with van der Waals surface area (Å²) in [6.07, 6.45) is 21.7. The first-order valence-electron chi connectivity index (χ1n) is 14.8. The van der Waals surface area contributed by atoms with E-state index in [-0.39, 0.29) is 25.7 Å². The Morgan fingerprint density at radius 1 is 0.927 bits per heavy atom. The minimum Gasteiger partial charge on any atom is -0.756 e. The Morgan fingerprint density at radius 2 is 1.56 bits per heavy atom. The second-order valence-corrected chi connectivity index (χ2v) is 12.6. The van der Waals surface area contributed by atoms with Gasteiger partial charge in [-0.3, -0.25) is 14.2 Å². The highest BCUT2D eigenvalue weighted by molar-refractivity contribution is 7.45. The number of likely N-dealkylation sites (N-methyl/N-ethyl adjacent to an activating group) is 1. The third kappa shape index (κ3) is 22.5. The third-order valence-corrected chi connectivity index (χ3v) is 7.08. The van der Waals surface area contributed by atoms with Gasteiger partial charge >= 0.3 is 11.9 Å². The fourth-order valence-corrected chi connectivity index (χ4v) is 4.41. The molecule has 0 aromatic rings. The summed E-state index contributed by atoms with van der Waals surface area (Å²) in [5.41, 5.74) is 0. The molecule has 1 rings (SSSR count). The third-order valence-electron chi connectivity index (χ3n) is 6.12. The topological polar surface area (TPSA) is 124 Å². The predicted octanol–water partition coefficient (Wildman–Crippen LogP) is 5.03. The second kappa shape index (κ2) is 21.0. The molecule has 0 aromatic heterocycles. The number of quaternary nitrogens is 1. The summed E-state index contributed by atoms with van der Waals surface area (Å²) in [5, 5.41) is 0. The smallest absolute Gasteiger partial charge is 0.305 e. The van der Waals surface area contributed by atoms with Gasteiger partial charge < -0.3 is 32.6 Å². The van der Waals surface area contributed by atoms with Gasteiger partial charge in [0.05, 0.1) is 40.0 Å². The number of phosphoric ester groups is 1. The fourth-order valence-electron chi connectivity index (χ4n) is 3.68. The average molecular weight is 602 g/mol. The summed E-state index contributed by atoms with van der Waals surface area (Å²) in [5.74, 6) is -1.11. The van der Waals surface area contributed by atoms with Crippen LogP contribution >= 0.6 is 7.82 Å². The summed E-state index contributed by atoms with van der Waals surface area (Å²) in [6, 6.07) is 0. The number of carbonyl (C=O) groups is 2. The van der Waals surface area contributed by atoms with Crippen molar-refractivity contribution < 1.29 is 46.8 Å². The molecule has 4 atom stereocenters. The van der Waals surface area contributed by atoms with Gasteiger partial charge in [-0.1, -0.05) is 56.2 Å². The van der Waals surface area contributed by atoms with Crippen molar-refractivity contribution in [1.29, 1.82) is 0 Å². The Labute approximate surface area is 246 Å². The Hall–Kier alpha value is -1.81. The van der Waals surface area contributed by atoms with Crippen molar-refractivity contribution in [3.05, 3.63) is 36.5 Å². The minimum atomic E-state index is -4.59. The quantitative estimate of drug-likeness (QED) is 0.0374. The molecule has 1 heterocycles. The molecule has 0 aromatic carbocycles. The molecular weight excluding hydrogens is 549 g/mol. The highest BCUT2D eigenvalue weighted by Gasteiger charge is 2.35. The molecule has 41 heavy (non-hydrogen) atoms. The lowest BCUT2D eigenvalue weighted by Gasteiger charge is -2.28. The Bertz CT molecular complexity index is 882. The van der Waals surface area contributed by atoms with E-state index in [0.717, 1.165) is 32.1 Å².